The number of hydrogen-bond acceptors (Lipinski definition) is 6. The maximum atomic E-state index is 12.1. The molecule has 3 rings (SSSR count). The van der Waals surface area contributed by atoms with Crippen LogP contribution in [-0.4, -0.2) is 22.7 Å². The number of thiophene rings is 1. The zero-order chi connectivity index (χ0) is 16.2. The minimum atomic E-state index is -0.246. The highest BCUT2D eigenvalue weighted by Crippen LogP contribution is 2.32. The number of nitrogens with zero attached hydrogens (tertiary/aromatic N) is 2. The SMILES string of the molecule is Cc1noc(-c2sccc2NC(=O)COc2ccccc2C)n1. The van der Waals surface area contributed by atoms with Gasteiger partial charge in [-0.2, -0.15) is 4.98 Å². The standard InChI is InChI=1S/C16H15N3O3S/c1-10-5-3-4-6-13(10)21-9-14(20)18-12-7-8-23-15(12)16-17-11(2)19-22-16/h3-8H,9H2,1-2H3,(H,18,20). The first-order chi connectivity index (χ1) is 11.1. The molecule has 0 unspecified atom stereocenters. The van der Waals surface area contributed by atoms with Gasteiger partial charge in [0.2, 0.25) is 0 Å². The van der Waals surface area contributed by atoms with Gasteiger partial charge in [-0.1, -0.05) is 23.4 Å². The van der Waals surface area contributed by atoms with E-state index >= 15 is 0 Å². The van der Waals surface area contributed by atoms with E-state index in [0.717, 1.165) is 10.4 Å². The number of para-hydroxylation sites is 1. The fraction of sp³-hybridized carbons (Fsp3) is 0.188. The monoisotopic (exact) mass is 329 g/mol. The van der Waals surface area contributed by atoms with E-state index in [1.54, 1.807) is 13.0 Å². The number of carbonyl (C=O) groups excluding carboxylic acids is 1. The molecule has 2 heterocycles. The highest BCUT2D eigenvalue weighted by atomic mass is 32.1. The largest absolute Gasteiger partial charge is 0.483 e. The van der Waals surface area contributed by atoms with E-state index in [0.29, 0.717) is 23.2 Å². The summed E-state index contributed by atoms with van der Waals surface area (Å²) in [4.78, 5) is 17.0. The molecule has 0 spiro atoms. The first kappa shape index (κ1) is 15.2. The Morgan fingerprint density at radius 2 is 2.13 bits per heavy atom. The van der Waals surface area contributed by atoms with Crippen molar-refractivity contribution in [3.05, 3.63) is 47.1 Å². The molecular weight excluding hydrogens is 314 g/mol. The lowest BCUT2D eigenvalue weighted by Gasteiger charge is -2.09. The second kappa shape index (κ2) is 6.62. The molecule has 23 heavy (non-hydrogen) atoms. The van der Waals surface area contributed by atoms with Crippen LogP contribution in [-0.2, 0) is 4.79 Å². The van der Waals surface area contributed by atoms with E-state index in [1.807, 2.05) is 36.6 Å². The second-order valence-electron chi connectivity index (χ2n) is 4.91. The number of benzene rings is 1. The van der Waals surface area contributed by atoms with Crippen molar-refractivity contribution in [2.24, 2.45) is 0 Å². The van der Waals surface area contributed by atoms with Crippen molar-refractivity contribution in [2.75, 3.05) is 11.9 Å². The van der Waals surface area contributed by atoms with Gasteiger partial charge in [-0.3, -0.25) is 4.79 Å². The summed E-state index contributed by atoms with van der Waals surface area (Å²) in [5.74, 6) is 1.39. The van der Waals surface area contributed by atoms with Crippen molar-refractivity contribution in [1.29, 1.82) is 0 Å². The van der Waals surface area contributed by atoms with Crippen molar-refractivity contribution >= 4 is 22.9 Å². The Morgan fingerprint density at radius 3 is 2.87 bits per heavy atom. The van der Waals surface area contributed by atoms with Crippen molar-refractivity contribution in [3.8, 4) is 16.5 Å². The van der Waals surface area contributed by atoms with E-state index in [4.69, 9.17) is 9.26 Å². The third-order valence-electron chi connectivity index (χ3n) is 3.11. The molecule has 6 nitrogen and oxygen atoms in total. The first-order valence-electron chi connectivity index (χ1n) is 7.00. The van der Waals surface area contributed by atoms with E-state index in [1.165, 1.54) is 11.3 Å². The predicted octanol–water partition coefficient (Wildman–Crippen LogP) is 3.43. The maximum absolute atomic E-state index is 12.1. The molecule has 0 radical (unpaired) electrons. The number of rotatable bonds is 5. The molecule has 0 bridgehead atoms. The van der Waals surface area contributed by atoms with E-state index in [2.05, 4.69) is 15.5 Å². The van der Waals surface area contributed by atoms with Crippen LogP contribution in [0.1, 0.15) is 11.4 Å². The summed E-state index contributed by atoms with van der Waals surface area (Å²) in [5.41, 5.74) is 1.62. The van der Waals surface area contributed by atoms with Crippen LogP contribution in [0.5, 0.6) is 5.75 Å². The quantitative estimate of drug-likeness (QED) is 0.776. The number of amides is 1. The fourth-order valence-corrected chi connectivity index (χ4v) is 2.78. The Morgan fingerprint density at radius 1 is 1.30 bits per heavy atom. The molecular formula is C16H15N3O3S. The molecule has 118 valence electrons. The van der Waals surface area contributed by atoms with E-state index in [-0.39, 0.29) is 12.5 Å². The van der Waals surface area contributed by atoms with Crippen LogP contribution in [0.3, 0.4) is 0 Å². The summed E-state index contributed by atoms with van der Waals surface area (Å²) in [6, 6.07) is 9.36. The average Bonchev–Trinajstić information content (AvgIpc) is 3.15. The molecule has 7 heteroatoms. The van der Waals surface area contributed by atoms with Crippen LogP contribution in [0.15, 0.2) is 40.2 Å². The minimum Gasteiger partial charge on any atom is -0.483 e. The van der Waals surface area contributed by atoms with Crippen LogP contribution in [0, 0.1) is 13.8 Å². The van der Waals surface area contributed by atoms with Crippen LogP contribution >= 0.6 is 11.3 Å². The lowest BCUT2D eigenvalue weighted by atomic mass is 10.2. The fourth-order valence-electron chi connectivity index (χ4n) is 2.01. The summed E-state index contributed by atoms with van der Waals surface area (Å²) in [7, 11) is 0. The Balaban J connectivity index is 1.65. The zero-order valence-electron chi connectivity index (χ0n) is 12.7. The van der Waals surface area contributed by atoms with Crippen LogP contribution < -0.4 is 10.1 Å². The number of anilines is 1. The lowest BCUT2D eigenvalue weighted by Crippen LogP contribution is -2.20. The number of hydrogen-bond donors (Lipinski definition) is 1. The summed E-state index contributed by atoms with van der Waals surface area (Å²) in [6.45, 7) is 3.61. The predicted molar refractivity (Wildman–Crippen MR) is 87.7 cm³/mol. The second-order valence-corrected chi connectivity index (χ2v) is 5.83. The highest BCUT2D eigenvalue weighted by molar-refractivity contribution is 7.14. The van der Waals surface area contributed by atoms with E-state index in [9.17, 15) is 4.79 Å². The van der Waals surface area contributed by atoms with Crippen molar-refractivity contribution in [3.63, 3.8) is 0 Å². The molecule has 3 aromatic rings. The topological polar surface area (TPSA) is 77.2 Å². The first-order valence-corrected chi connectivity index (χ1v) is 7.88. The van der Waals surface area contributed by atoms with Gasteiger partial charge in [0.25, 0.3) is 11.8 Å². The molecule has 1 N–H and O–H groups in total. The molecule has 0 fully saturated rings. The molecule has 0 aliphatic heterocycles. The smallest absolute Gasteiger partial charge is 0.270 e. The minimum absolute atomic E-state index is 0.0665. The third-order valence-corrected chi connectivity index (χ3v) is 4.02. The van der Waals surface area contributed by atoms with Gasteiger partial charge >= 0.3 is 0 Å². The zero-order valence-corrected chi connectivity index (χ0v) is 13.5. The van der Waals surface area contributed by atoms with Crippen LogP contribution in [0.4, 0.5) is 5.69 Å². The Kier molecular flexibility index (Phi) is 4.38. The average molecular weight is 329 g/mol. The van der Waals surface area contributed by atoms with Gasteiger partial charge in [-0.05, 0) is 36.9 Å². The van der Waals surface area contributed by atoms with E-state index < -0.39 is 0 Å². The number of ether oxygens (including phenoxy) is 1. The lowest BCUT2D eigenvalue weighted by molar-refractivity contribution is -0.118. The molecule has 0 aliphatic rings. The van der Waals surface area contributed by atoms with Crippen molar-refractivity contribution < 1.29 is 14.1 Å². The van der Waals surface area contributed by atoms with Gasteiger partial charge < -0.3 is 14.6 Å². The summed E-state index contributed by atoms with van der Waals surface area (Å²) >= 11 is 1.42. The van der Waals surface area contributed by atoms with Gasteiger partial charge in [-0.15, -0.1) is 11.3 Å². The van der Waals surface area contributed by atoms with Gasteiger partial charge in [0, 0.05) is 0 Å². The Hall–Kier alpha value is -2.67. The van der Waals surface area contributed by atoms with Gasteiger partial charge in [-0.25, -0.2) is 0 Å². The molecule has 0 atom stereocenters. The van der Waals surface area contributed by atoms with Crippen molar-refractivity contribution in [2.45, 2.75) is 13.8 Å². The summed E-state index contributed by atoms with van der Waals surface area (Å²) in [5, 5.41) is 8.42. The van der Waals surface area contributed by atoms with Gasteiger partial charge in [0.1, 0.15) is 10.6 Å². The third kappa shape index (κ3) is 3.57. The Labute approximate surface area is 137 Å². The Bertz CT molecular complexity index is 825. The molecule has 0 aliphatic carbocycles. The van der Waals surface area contributed by atoms with Gasteiger partial charge in [0.05, 0.1) is 5.69 Å². The summed E-state index contributed by atoms with van der Waals surface area (Å²) in [6.07, 6.45) is 0. The number of aryl methyl sites for hydroxylation is 2. The van der Waals surface area contributed by atoms with Crippen LogP contribution in [0.2, 0.25) is 0 Å². The molecule has 0 saturated carbocycles. The highest BCUT2D eigenvalue weighted by Gasteiger charge is 2.15. The van der Waals surface area contributed by atoms with Crippen molar-refractivity contribution in [1.82, 2.24) is 10.1 Å². The number of nitrogens with one attached hydrogen (secondary N) is 1. The molecule has 1 aromatic carbocycles. The summed E-state index contributed by atoms with van der Waals surface area (Å²) < 4.78 is 10.7. The molecule has 1 amide bonds. The van der Waals surface area contributed by atoms with Gasteiger partial charge in [0.15, 0.2) is 12.4 Å². The van der Waals surface area contributed by atoms with Crippen LogP contribution in [0.25, 0.3) is 10.8 Å². The number of carbonyl (C=O) groups is 1. The molecule has 0 saturated heterocycles. The maximum Gasteiger partial charge on any atom is 0.270 e. The normalized spacial score (nSPS) is 10.5. The molecule has 2 aromatic heterocycles. The number of aromatic nitrogens is 2.